The number of amides is 2. The smallest absolute Gasteiger partial charge is 0.308 e. The number of rotatable bonds is 6. The number of carboxylic acids is 1. The minimum absolute atomic E-state index is 0.0260. The first-order valence-corrected chi connectivity index (χ1v) is 9.88. The highest BCUT2D eigenvalue weighted by molar-refractivity contribution is 5.89. The molecular formula is C21H26N2O5. The van der Waals surface area contributed by atoms with Gasteiger partial charge >= 0.3 is 5.97 Å². The summed E-state index contributed by atoms with van der Waals surface area (Å²) in [7, 11) is 1.61. The molecule has 1 saturated carbocycles. The fraction of sp³-hybridized carbons (Fsp3) is 0.571. The van der Waals surface area contributed by atoms with Crippen LogP contribution in [0.2, 0.25) is 0 Å². The van der Waals surface area contributed by atoms with Crippen molar-refractivity contribution in [2.75, 3.05) is 26.7 Å². The van der Waals surface area contributed by atoms with E-state index in [9.17, 15) is 19.5 Å². The van der Waals surface area contributed by atoms with E-state index in [2.05, 4.69) is 0 Å². The second kappa shape index (κ2) is 7.45. The maximum atomic E-state index is 13.0. The predicted molar refractivity (Wildman–Crippen MR) is 100 cm³/mol. The van der Waals surface area contributed by atoms with Crippen molar-refractivity contribution in [3.05, 3.63) is 29.8 Å². The summed E-state index contributed by atoms with van der Waals surface area (Å²) < 4.78 is 5.15. The summed E-state index contributed by atoms with van der Waals surface area (Å²) in [6.07, 6.45) is 2.33. The van der Waals surface area contributed by atoms with Crippen LogP contribution in [0.1, 0.15) is 24.8 Å². The number of methoxy groups -OCH3 is 1. The molecule has 1 N–H and O–H groups in total. The summed E-state index contributed by atoms with van der Waals surface area (Å²) in [5.74, 6) is -0.485. The quantitative estimate of drug-likeness (QED) is 0.803. The van der Waals surface area contributed by atoms with Crippen LogP contribution in [-0.2, 0) is 20.9 Å². The molecule has 0 aromatic heterocycles. The minimum atomic E-state index is -0.809. The maximum Gasteiger partial charge on any atom is 0.308 e. The van der Waals surface area contributed by atoms with Gasteiger partial charge in [0, 0.05) is 32.6 Å². The summed E-state index contributed by atoms with van der Waals surface area (Å²) in [5, 5.41) is 9.50. The van der Waals surface area contributed by atoms with Gasteiger partial charge in [0.1, 0.15) is 5.75 Å². The first-order valence-electron chi connectivity index (χ1n) is 9.88. The average molecular weight is 386 g/mol. The summed E-state index contributed by atoms with van der Waals surface area (Å²) in [4.78, 5) is 40.4. The highest BCUT2D eigenvalue weighted by Gasteiger charge is 2.48. The van der Waals surface area contributed by atoms with Crippen molar-refractivity contribution in [2.24, 2.45) is 23.7 Å². The van der Waals surface area contributed by atoms with Gasteiger partial charge in [-0.1, -0.05) is 12.1 Å². The van der Waals surface area contributed by atoms with E-state index in [1.165, 1.54) is 0 Å². The molecule has 7 nitrogen and oxygen atoms in total. The Labute approximate surface area is 164 Å². The van der Waals surface area contributed by atoms with Gasteiger partial charge in [0.15, 0.2) is 0 Å². The van der Waals surface area contributed by atoms with Crippen molar-refractivity contribution in [1.82, 2.24) is 9.80 Å². The van der Waals surface area contributed by atoms with Crippen molar-refractivity contribution in [2.45, 2.75) is 25.8 Å². The predicted octanol–water partition coefficient (Wildman–Crippen LogP) is 1.61. The molecule has 0 spiro atoms. The fourth-order valence-corrected chi connectivity index (χ4v) is 4.57. The van der Waals surface area contributed by atoms with Crippen LogP contribution in [0.25, 0.3) is 0 Å². The average Bonchev–Trinajstić information content (AvgIpc) is 3.33. The van der Waals surface area contributed by atoms with Gasteiger partial charge in [0.05, 0.1) is 18.9 Å². The number of benzene rings is 1. The zero-order valence-corrected chi connectivity index (χ0v) is 16.0. The Balaban J connectivity index is 1.37. The van der Waals surface area contributed by atoms with Gasteiger partial charge in [-0.15, -0.1) is 0 Å². The zero-order valence-electron chi connectivity index (χ0n) is 16.0. The van der Waals surface area contributed by atoms with Crippen LogP contribution in [-0.4, -0.2) is 59.4 Å². The number of nitrogens with zero attached hydrogens (tertiary/aromatic N) is 2. The monoisotopic (exact) mass is 386 g/mol. The lowest BCUT2D eigenvalue weighted by molar-refractivity contribution is -0.143. The molecule has 150 valence electrons. The van der Waals surface area contributed by atoms with Crippen LogP contribution in [0, 0.1) is 23.7 Å². The van der Waals surface area contributed by atoms with E-state index < -0.39 is 11.9 Å². The van der Waals surface area contributed by atoms with Gasteiger partial charge in [-0.3, -0.25) is 14.4 Å². The zero-order chi connectivity index (χ0) is 19.8. The van der Waals surface area contributed by atoms with Crippen molar-refractivity contribution in [3.8, 4) is 5.75 Å². The molecule has 3 aliphatic rings. The standard InChI is InChI=1S/C21H26N2O5/c1-28-16-6-2-13(3-7-16)9-22-10-15(8-19(22)24)20(25)23-11-17(14-4-5-14)18(12-23)21(26)27/h2-3,6-7,14-15,17-18H,4-5,8-12H2,1H3,(H,26,27)/t15?,17-,18+/m1/s1. The first kappa shape index (κ1) is 18.8. The summed E-state index contributed by atoms with van der Waals surface area (Å²) in [6, 6.07) is 7.54. The number of hydrogen-bond acceptors (Lipinski definition) is 4. The third kappa shape index (κ3) is 3.70. The van der Waals surface area contributed by atoms with Crippen LogP contribution < -0.4 is 4.74 Å². The van der Waals surface area contributed by atoms with Crippen LogP contribution >= 0.6 is 0 Å². The molecule has 1 aromatic carbocycles. The van der Waals surface area contributed by atoms with Gasteiger partial charge in [0.25, 0.3) is 0 Å². The molecule has 28 heavy (non-hydrogen) atoms. The summed E-state index contributed by atoms with van der Waals surface area (Å²) in [6.45, 7) is 1.66. The SMILES string of the molecule is COc1ccc(CN2CC(C(=O)N3C[C@H](C(=O)O)[C@@H](C4CC4)C3)CC2=O)cc1. The molecule has 4 rings (SSSR count). The van der Waals surface area contributed by atoms with E-state index in [1.54, 1.807) is 16.9 Å². The first-order chi connectivity index (χ1) is 13.5. The summed E-state index contributed by atoms with van der Waals surface area (Å²) in [5.41, 5.74) is 0.989. The molecular weight excluding hydrogens is 360 g/mol. The van der Waals surface area contributed by atoms with Crippen LogP contribution in [0.15, 0.2) is 24.3 Å². The highest BCUT2D eigenvalue weighted by Crippen LogP contribution is 2.44. The Bertz CT molecular complexity index is 774. The fourth-order valence-electron chi connectivity index (χ4n) is 4.57. The molecule has 2 amide bonds. The molecule has 0 bridgehead atoms. The minimum Gasteiger partial charge on any atom is -0.497 e. The molecule has 2 aliphatic heterocycles. The summed E-state index contributed by atoms with van der Waals surface area (Å²) >= 11 is 0. The number of ether oxygens (including phenoxy) is 1. The highest BCUT2D eigenvalue weighted by atomic mass is 16.5. The Morgan fingerprint density at radius 3 is 2.46 bits per heavy atom. The van der Waals surface area contributed by atoms with E-state index in [0.717, 1.165) is 24.2 Å². The number of carbonyl (C=O) groups excluding carboxylic acids is 2. The lowest BCUT2D eigenvalue weighted by Gasteiger charge is -2.21. The van der Waals surface area contributed by atoms with Crippen molar-refractivity contribution >= 4 is 17.8 Å². The van der Waals surface area contributed by atoms with Crippen molar-refractivity contribution in [3.63, 3.8) is 0 Å². The third-order valence-electron chi connectivity index (χ3n) is 6.32. The topological polar surface area (TPSA) is 87.2 Å². The normalized spacial score (nSPS) is 27.3. The van der Waals surface area contributed by atoms with Gasteiger partial charge in [0.2, 0.25) is 11.8 Å². The molecule has 3 fully saturated rings. The lowest BCUT2D eigenvalue weighted by Crippen LogP contribution is -2.36. The van der Waals surface area contributed by atoms with Crippen molar-refractivity contribution < 1.29 is 24.2 Å². The van der Waals surface area contributed by atoms with E-state index in [-0.39, 0.29) is 36.6 Å². The molecule has 7 heteroatoms. The molecule has 2 saturated heterocycles. The van der Waals surface area contributed by atoms with E-state index >= 15 is 0 Å². The van der Waals surface area contributed by atoms with E-state index in [1.807, 2.05) is 24.3 Å². The molecule has 0 radical (unpaired) electrons. The van der Waals surface area contributed by atoms with Crippen LogP contribution in [0.5, 0.6) is 5.75 Å². The third-order valence-corrected chi connectivity index (χ3v) is 6.32. The number of hydrogen-bond donors (Lipinski definition) is 1. The van der Waals surface area contributed by atoms with Gasteiger partial charge in [-0.2, -0.15) is 0 Å². The second-order valence-corrected chi connectivity index (χ2v) is 8.21. The number of aliphatic carboxylic acids is 1. The maximum absolute atomic E-state index is 13.0. The van der Waals surface area contributed by atoms with Crippen molar-refractivity contribution in [1.29, 1.82) is 0 Å². The molecule has 2 heterocycles. The van der Waals surface area contributed by atoms with E-state index in [0.29, 0.717) is 25.6 Å². The number of carboxylic acid groups (broad SMARTS) is 1. The largest absolute Gasteiger partial charge is 0.497 e. The number of likely N-dealkylation sites (tertiary alicyclic amines) is 2. The lowest BCUT2D eigenvalue weighted by atomic mass is 9.92. The van der Waals surface area contributed by atoms with Gasteiger partial charge in [-0.05, 0) is 42.4 Å². The second-order valence-electron chi connectivity index (χ2n) is 8.21. The molecule has 1 unspecified atom stereocenters. The Hall–Kier alpha value is -2.57. The molecule has 1 aliphatic carbocycles. The van der Waals surface area contributed by atoms with Gasteiger partial charge in [-0.25, -0.2) is 0 Å². The molecule has 3 atom stereocenters. The number of carbonyl (C=O) groups is 3. The van der Waals surface area contributed by atoms with Crippen LogP contribution in [0.4, 0.5) is 0 Å². The Morgan fingerprint density at radius 2 is 1.86 bits per heavy atom. The van der Waals surface area contributed by atoms with Crippen LogP contribution in [0.3, 0.4) is 0 Å². The Morgan fingerprint density at radius 1 is 1.14 bits per heavy atom. The van der Waals surface area contributed by atoms with E-state index in [4.69, 9.17) is 4.74 Å². The Kier molecular flexibility index (Phi) is 5.00. The van der Waals surface area contributed by atoms with Gasteiger partial charge < -0.3 is 19.6 Å². The molecule has 1 aromatic rings.